The fraction of sp³-hybridized carbons (Fsp3) is 0.875. The summed E-state index contributed by atoms with van der Waals surface area (Å²) in [6, 6.07) is 0. The maximum atomic E-state index is 11.5. The van der Waals surface area contributed by atoms with E-state index >= 15 is 0 Å². The topological polar surface area (TPSA) is 67.8 Å². The molecule has 0 radical (unpaired) electrons. The van der Waals surface area contributed by atoms with E-state index in [9.17, 15) is 9.90 Å². The quantitative estimate of drug-likeness (QED) is 0.515. The van der Waals surface area contributed by atoms with Crippen molar-refractivity contribution < 1.29 is 19.4 Å². The van der Waals surface area contributed by atoms with Crippen LogP contribution < -0.4 is 5.32 Å². The summed E-state index contributed by atoms with van der Waals surface area (Å²) < 4.78 is 9.61. The first-order chi connectivity index (χ1) is 6.15. The Balaban J connectivity index is 2.19. The van der Waals surface area contributed by atoms with Crippen molar-refractivity contribution in [3.63, 3.8) is 0 Å². The van der Waals surface area contributed by atoms with Gasteiger partial charge in [0.2, 0.25) is 0 Å². The summed E-state index contributed by atoms with van der Waals surface area (Å²) in [6.07, 6.45) is 0. The molecule has 2 aliphatic rings. The van der Waals surface area contributed by atoms with Gasteiger partial charge < -0.3 is 19.9 Å². The van der Waals surface area contributed by atoms with Crippen LogP contribution in [0.15, 0.2) is 0 Å². The number of rotatable bonds is 2. The summed E-state index contributed by atoms with van der Waals surface area (Å²) in [5.41, 5.74) is -1.80. The van der Waals surface area contributed by atoms with Crippen molar-refractivity contribution in [2.45, 2.75) is 5.60 Å². The van der Waals surface area contributed by atoms with Crippen LogP contribution in [-0.4, -0.2) is 50.1 Å². The van der Waals surface area contributed by atoms with E-state index in [4.69, 9.17) is 4.74 Å². The van der Waals surface area contributed by atoms with Gasteiger partial charge in [0.25, 0.3) is 0 Å². The average Bonchev–Trinajstić information content (AvgIpc) is 1.98. The zero-order valence-electron chi connectivity index (χ0n) is 7.50. The van der Waals surface area contributed by atoms with E-state index in [1.165, 1.54) is 7.11 Å². The number of nitrogens with one attached hydrogen (secondary N) is 1. The molecule has 2 saturated heterocycles. The highest BCUT2D eigenvalue weighted by Crippen LogP contribution is 2.41. The zero-order chi connectivity index (χ0) is 9.53. The van der Waals surface area contributed by atoms with Crippen LogP contribution in [0, 0.1) is 5.41 Å². The van der Waals surface area contributed by atoms with Gasteiger partial charge in [0.1, 0.15) is 11.0 Å². The first kappa shape index (κ1) is 8.93. The predicted molar refractivity (Wildman–Crippen MR) is 43.1 cm³/mol. The van der Waals surface area contributed by atoms with Crippen LogP contribution in [0.1, 0.15) is 0 Å². The number of carbonyl (C=O) groups excluding carboxylic acids is 1. The summed E-state index contributed by atoms with van der Waals surface area (Å²) in [7, 11) is 1.34. The van der Waals surface area contributed by atoms with E-state index in [0.29, 0.717) is 13.1 Å². The van der Waals surface area contributed by atoms with Gasteiger partial charge in [-0.2, -0.15) is 0 Å². The molecule has 0 spiro atoms. The monoisotopic (exact) mass is 187 g/mol. The molecule has 0 bridgehead atoms. The lowest BCUT2D eigenvalue weighted by Crippen LogP contribution is -2.76. The first-order valence-corrected chi connectivity index (χ1v) is 4.24. The molecule has 0 atom stereocenters. The number of methoxy groups -OCH3 is 1. The van der Waals surface area contributed by atoms with Gasteiger partial charge in [0.15, 0.2) is 0 Å². The lowest BCUT2D eigenvalue weighted by atomic mass is 9.66. The molecule has 0 unspecified atom stereocenters. The molecule has 2 heterocycles. The van der Waals surface area contributed by atoms with Crippen LogP contribution in [0.2, 0.25) is 0 Å². The van der Waals surface area contributed by atoms with Gasteiger partial charge in [-0.15, -0.1) is 0 Å². The highest BCUT2D eigenvalue weighted by molar-refractivity contribution is 5.80. The Morgan fingerprint density at radius 3 is 2.38 bits per heavy atom. The Morgan fingerprint density at radius 1 is 1.54 bits per heavy atom. The second-order valence-corrected chi connectivity index (χ2v) is 3.70. The molecule has 0 saturated carbocycles. The molecular formula is C8H13NO4. The van der Waals surface area contributed by atoms with Crippen LogP contribution in [0.5, 0.6) is 0 Å². The number of hydrogen-bond acceptors (Lipinski definition) is 5. The molecule has 74 valence electrons. The molecule has 5 heteroatoms. The fourth-order valence-electron chi connectivity index (χ4n) is 1.81. The highest BCUT2D eigenvalue weighted by atomic mass is 16.6. The minimum Gasteiger partial charge on any atom is -0.468 e. The summed E-state index contributed by atoms with van der Waals surface area (Å²) in [4.78, 5) is 11.5. The molecule has 2 rings (SSSR count). The lowest BCUT2D eigenvalue weighted by Gasteiger charge is -2.54. The highest BCUT2D eigenvalue weighted by Gasteiger charge is 2.64. The van der Waals surface area contributed by atoms with Crippen molar-refractivity contribution in [2.24, 2.45) is 5.41 Å². The van der Waals surface area contributed by atoms with Crippen molar-refractivity contribution in [1.29, 1.82) is 0 Å². The fourth-order valence-corrected chi connectivity index (χ4v) is 1.81. The maximum absolute atomic E-state index is 11.5. The molecule has 0 amide bonds. The third-order valence-electron chi connectivity index (χ3n) is 3.00. The van der Waals surface area contributed by atoms with Crippen molar-refractivity contribution in [1.82, 2.24) is 5.32 Å². The van der Waals surface area contributed by atoms with E-state index in [0.717, 1.165) is 0 Å². The Bertz CT molecular complexity index is 232. The molecule has 13 heavy (non-hydrogen) atoms. The van der Waals surface area contributed by atoms with Gasteiger partial charge in [-0.05, 0) is 0 Å². The molecule has 0 aromatic rings. The number of hydrogen-bond donors (Lipinski definition) is 2. The van der Waals surface area contributed by atoms with Gasteiger partial charge in [-0.25, -0.2) is 0 Å². The molecule has 2 aliphatic heterocycles. The first-order valence-electron chi connectivity index (χ1n) is 4.24. The molecule has 2 fully saturated rings. The van der Waals surface area contributed by atoms with Crippen LogP contribution in [0.3, 0.4) is 0 Å². The van der Waals surface area contributed by atoms with E-state index in [1.54, 1.807) is 0 Å². The number of carbonyl (C=O) groups is 1. The van der Waals surface area contributed by atoms with Crippen molar-refractivity contribution >= 4 is 5.97 Å². The van der Waals surface area contributed by atoms with Gasteiger partial charge in [0, 0.05) is 13.1 Å². The average molecular weight is 187 g/mol. The van der Waals surface area contributed by atoms with Crippen molar-refractivity contribution in [3.05, 3.63) is 0 Å². The minimum atomic E-state index is -1.02. The number of ether oxygens (including phenoxy) is 2. The molecular weight excluding hydrogens is 174 g/mol. The molecule has 5 nitrogen and oxygen atoms in total. The SMILES string of the molecule is COC(=O)C1(C2(O)COC2)CNC1. The summed E-state index contributed by atoms with van der Waals surface area (Å²) >= 11 is 0. The summed E-state index contributed by atoms with van der Waals surface area (Å²) in [6.45, 7) is 1.40. The van der Waals surface area contributed by atoms with Crippen LogP contribution in [0.4, 0.5) is 0 Å². The Morgan fingerprint density at radius 2 is 2.15 bits per heavy atom. The van der Waals surface area contributed by atoms with Crippen LogP contribution >= 0.6 is 0 Å². The van der Waals surface area contributed by atoms with Crippen molar-refractivity contribution in [3.8, 4) is 0 Å². The van der Waals surface area contributed by atoms with Crippen LogP contribution in [0.25, 0.3) is 0 Å². The van der Waals surface area contributed by atoms with E-state index in [2.05, 4.69) is 10.1 Å². The predicted octanol–water partition coefficient (Wildman–Crippen LogP) is -1.49. The third-order valence-corrected chi connectivity index (χ3v) is 3.00. The molecule has 0 aromatic carbocycles. The Kier molecular flexibility index (Phi) is 1.83. The van der Waals surface area contributed by atoms with E-state index < -0.39 is 11.0 Å². The largest absolute Gasteiger partial charge is 0.468 e. The number of esters is 1. The zero-order valence-corrected chi connectivity index (χ0v) is 7.50. The Labute approximate surface area is 76.0 Å². The minimum absolute atomic E-state index is 0.226. The maximum Gasteiger partial charge on any atom is 0.317 e. The molecule has 2 N–H and O–H groups in total. The smallest absolute Gasteiger partial charge is 0.317 e. The number of aliphatic hydroxyl groups is 1. The van der Waals surface area contributed by atoms with Crippen molar-refractivity contribution in [2.75, 3.05) is 33.4 Å². The van der Waals surface area contributed by atoms with Gasteiger partial charge in [-0.3, -0.25) is 4.79 Å². The van der Waals surface area contributed by atoms with Gasteiger partial charge >= 0.3 is 5.97 Å². The standard InChI is InChI=1S/C8H13NO4/c1-12-6(10)7(2-9-3-7)8(11)4-13-5-8/h9,11H,2-5H2,1H3. The van der Waals surface area contributed by atoms with E-state index in [1.807, 2.05) is 0 Å². The molecule has 0 aliphatic carbocycles. The third kappa shape index (κ3) is 0.948. The normalized spacial score (nSPS) is 28.5. The second-order valence-electron chi connectivity index (χ2n) is 3.70. The molecule has 0 aromatic heterocycles. The van der Waals surface area contributed by atoms with Gasteiger partial charge in [-0.1, -0.05) is 0 Å². The van der Waals surface area contributed by atoms with Gasteiger partial charge in [0.05, 0.1) is 20.3 Å². The lowest BCUT2D eigenvalue weighted by molar-refractivity contribution is -0.255. The second kappa shape index (κ2) is 2.67. The summed E-state index contributed by atoms with van der Waals surface area (Å²) in [5.74, 6) is -0.350. The Hall–Kier alpha value is -0.650. The van der Waals surface area contributed by atoms with E-state index in [-0.39, 0.29) is 19.2 Å². The summed E-state index contributed by atoms with van der Waals surface area (Å²) in [5, 5.41) is 13.0. The van der Waals surface area contributed by atoms with Crippen LogP contribution in [-0.2, 0) is 14.3 Å².